The van der Waals surface area contributed by atoms with Crippen LogP contribution >= 0.6 is 11.6 Å². The van der Waals surface area contributed by atoms with Gasteiger partial charge in [-0.25, -0.2) is 0 Å². The van der Waals surface area contributed by atoms with Crippen molar-refractivity contribution in [3.05, 3.63) is 53.1 Å². The molecule has 0 saturated heterocycles. The largest absolute Gasteiger partial charge is 0.492 e. The van der Waals surface area contributed by atoms with E-state index in [0.29, 0.717) is 28.8 Å². The lowest BCUT2D eigenvalue weighted by molar-refractivity contribution is -0.118. The summed E-state index contributed by atoms with van der Waals surface area (Å²) in [7, 11) is 0. The van der Waals surface area contributed by atoms with E-state index in [2.05, 4.69) is 5.32 Å². The maximum Gasteiger partial charge on any atom is 0.262 e. The smallest absolute Gasteiger partial charge is 0.262 e. The van der Waals surface area contributed by atoms with Gasteiger partial charge in [-0.2, -0.15) is 0 Å². The van der Waals surface area contributed by atoms with Gasteiger partial charge in [0.2, 0.25) is 0 Å². The van der Waals surface area contributed by atoms with E-state index in [9.17, 15) is 4.79 Å². The average molecular weight is 320 g/mol. The Morgan fingerprint density at radius 3 is 2.64 bits per heavy atom. The third-order valence-corrected chi connectivity index (χ3v) is 3.19. The van der Waals surface area contributed by atoms with Crippen LogP contribution < -0.4 is 14.8 Å². The number of rotatable bonds is 6. The molecule has 5 heteroatoms. The van der Waals surface area contributed by atoms with E-state index in [1.54, 1.807) is 24.3 Å². The standard InChI is InChI=1S/C17H18ClNO3/c1-3-21-16-7-5-4-6-14(16)19-17(20)11-22-15-9-8-13(18)10-12(15)2/h4-10H,3,11H2,1-2H3,(H,19,20). The SMILES string of the molecule is CCOc1ccccc1NC(=O)COc1ccc(Cl)cc1C. The molecule has 0 aliphatic heterocycles. The van der Waals surface area contributed by atoms with Gasteiger partial charge in [-0.1, -0.05) is 23.7 Å². The van der Waals surface area contributed by atoms with Gasteiger partial charge < -0.3 is 14.8 Å². The van der Waals surface area contributed by atoms with Gasteiger partial charge in [0, 0.05) is 5.02 Å². The number of para-hydroxylation sites is 2. The van der Waals surface area contributed by atoms with Crippen molar-refractivity contribution < 1.29 is 14.3 Å². The van der Waals surface area contributed by atoms with Crippen molar-refractivity contribution in [3.63, 3.8) is 0 Å². The summed E-state index contributed by atoms with van der Waals surface area (Å²) in [6.07, 6.45) is 0. The fraction of sp³-hybridized carbons (Fsp3) is 0.235. The molecule has 0 bridgehead atoms. The summed E-state index contributed by atoms with van der Waals surface area (Å²) < 4.78 is 11.0. The van der Waals surface area contributed by atoms with Gasteiger partial charge in [-0.3, -0.25) is 4.79 Å². The Balaban J connectivity index is 1.96. The predicted molar refractivity (Wildman–Crippen MR) is 87.9 cm³/mol. The van der Waals surface area contributed by atoms with Gasteiger partial charge in [0.25, 0.3) is 5.91 Å². The molecule has 0 radical (unpaired) electrons. The molecule has 116 valence electrons. The van der Waals surface area contributed by atoms with Gasteiger partial charge in [0.15, 0.2) is 6.61 Å². The number of ether oxygens (including phenoxy) is 2. The number of aryl methyl sites for hydroxylation is 1. The minimum absolute atomic E-state index is 0.0804. The van der Waals surface area contributed by atoms with Gasteiger partial charge >= 0.3 is 0 Å². The Bertz CT molecular complexity index is 658. The highest BCUT2D eigenvalue weighted by atomic mass is 35.5. The van der Waals surface area contributed by atoms with E-state index in [-0.39, 0.29) is 12.5 Å². The average Bonchev–Trinajstić information content (AvgIpc) is 2.48. The normalized spacial score (nSPS) is 10.1. The zero-order chi connectivity index (χ0) is 15.9. The second-order valence-corrected chi connectivity index (χ2v) is 5.11. The molecule has 0 saturated carbocycles. The van der Waals surface area contributed by atoms with Gasteiger partial charge in [0.1, 0.15) is 11.5 Å². The van der Waals surface area contributed by atoms with E-state index < -0.39 is 0 Å². The number of carbonyl (C=O) groups is 1. The molecule has 0 aliphatic rings. The third kappa shape index (κ3) is 4.40. The number of anilines is 1. The van der Waals surface area contributed by atoms with E-state index >= 15 is 0 Å². The topological polar surface area (TPSA) is 47.6 Å². The van der Waals surface area contributed by atoms with Crippen molar-refractivity contribution in [2.45, 2.75) is 13.8 Å². The van der Waals surface area contributed by atoms with Crippen LogP contribution in [0.25, 0.3) is 0 Å². The van der Waals surface area contributed by atoms with Gasteiger partial charge in [-0.05, 0) is 49.7 Å². The number of carbonyl (C=O) groups excluding carboxylic acids is 1. The summed E-state index contributed by atoms with van der Waals surface area (Å²) in [6, 6.07) is 12.6. The number of hydrogen-bond acceptors (Lipinski definition) is 3. The molecule has 4 nitrogen and oxygen atoms in total. The molecule has 0 atom stereocenters. The minimum Gasteiger partial charge on any atom is -0.492 e. The molecule has 0 aromatic heterocycles. The van der Waals surface area contributed by atoms with Crippen LogP contribution in [0.5, 0.6) is 11.5 Å². The number of hydrogen-bond donors (Lipinski definition) is 1. The lowest BCUT2D eigenvalue weighted by Crippen LogP contribution is -2.20. The predicted octanol–water partition coefficient (Wildman–Crippen LogP) is 4.06. The van der Waals surface area contributed by atoms with Crippen LogP contribution in [0.2, 0.25) is 5.02 Å². The first-order valence-corrected chi connectivity index (χ1v) is 7.38. The summed E-state index contributed by atoms with van der Waals surface area (Å²) in [5.41, 5.74) is 1.51. The summed E-state index contributed by atoms with van der Waals surface area (Å²) in [4.78, 5) is 12.0. The number of halogens is 1. The van der Waals surface area contributed by atoms with Crippen molar-refractivity contribution in [2.24, 2.45) is 0 Å². The van der Waals surface area contributed by atoms with Crippen LogP contribution in [0.4, 0.5) is 5.69 Å². The molecule has 0 heterocycles. The van der Waals surface area contributed by atoms with Crippen molar-refractivity contribution >= 4 is 23.2 Å². The third-order valence-electron chi connectivity index (χ3n) is 2.96. The van der Waals surface area contributed by atoms with Crippen LogP contribution in [0.1, 0.15) is 12.5 Å². The Morgan fingerprint density at radius 1 is 1.14 bits per heavy atom. The Morgan fingerprint density at radius 2 is 1.91 bits per heavy atom. The molecule has 1 amide bonds. The molecular formula is C17H18ClNO3. The van der Waals surface area contributed by atoms with Crippen molar-refractivity contribution in [1.29, 1.82) is 0 Å². The van der Waals surface area contributed by atoms with Gasteiger partial charge in [0.05, 0.1) is 12.3 Å². The highest BCUT2D eigenvalue weighted by molar-refractivity contribution is 6.30. The second kappa shape index (κ2) is 7.71. The first kappa shape index (κ1) is 16.2. The molecular weight excluding hydrogens is 302 g/mol. The summed E-state index contributed by atoms with van der Waals surface area (Å²) in [6.45, 7) is 4.23. The molecule has 2 rings (SSSR count). The first-order chi connectivity index (χ1) is 10.6. The lowest BCUT2D eigenvalue weighted by Gasteiger charge is -2.12. The summed E-state index contributed by atoms with van der Waals surface area (Å²) in [5.74, 6) is 1.03. The maximum absolute atomic E-state index is 12.0. The van der Waals surface area contributed by atoms with Crippen molar-refractivity contribution in [1.82, 2.24) is 0 Å². The first-order valence-electron chi connectivity index (χ1n) is 7.00. The summed E-state index contributed by atoms with van der Waals surface area (Å²) in [5, 5.41) is 3.42. The highest BCUT2D eigenvalue weighted by Crippen LogP contribution is 2.24. The molecule has 2 aromatic carbocycles. The van der Waals surface area contributed by atoms with Crippen LogP contribution in [0.3, 0.4) is 0 Å². The maximum atomic E-state index is 12.0. The molecule has 0 spiro atoms. The second-order valence-electron chi connectivity index (χ2n) is 4.68. The van der Waals surface area contributed by atoms with E-state index in [1.807, 2.05) is 32.0 Å². The van der Waals surface area contributed by atoms with Crippen LogP contribution in [-0.2, 0) is 4.79 Å². The molecule has 22 heavy (non-hydrogen) atoms. The number of benzene rings is 2. The number of amides is 1. The molecule has 0 unspecified atom stereocenters. The molecule has 1 N–H and O–H groups in total. The van der Waals surface area contributed by atoms with Crippen LogP contribution in [0.15, 0.2) is 42.5 Å². The Hall–Kier alpha value is -2.20. The fourth-order valence-corrected chi connectivity index (χ4v) is 2.18. The van der Waals surface area contributed by atoms with Crippen molar-refractivity contribution in [2.75, 3.05) is 18.5 Å². The van der Waals surface area contributed by atoms with Crippen molar-refractivity contribution in [3.8, 4) is 11.5 Å². The fourth-order valence-electron chi connectivity index (χ4n) is 1.96. The Labute approximate surface area is 135 Å². The quantitative estimate of drug-likeness (QED) is 0.873. The molecule has 2 aromatic rings. The molecule has 0 fully saturated rings. The van der Waals surface area contributed by atoms with Gasteiger partial charge in [-0.15, -0.1) is 0 Å². The van der Waals surface area contributed by atoms with E-state index in [1.165, 1.54) is 0 Å². The zero-order valence-corrected chi connectivity index (χ0v) is 13.3. The zero-order valence-electron chi connectivity index (χ0n) is 12.6. The molecule has 0 aliphatic carbocycles. The number of nitrogens with one attached hydrogen (secondary N) is 1. The van der Waals surface area contributed by atoms with Crippen LogP contribution in [-0.4, -0.2) is 19.1 Å². The monoisotopic (exact) mass is 319 g/mol. The lowest BCUT2D eigenvalue weighted by atomic mass is 10.2. The van der Waals surface area contributed by atoms with E-state index in [0.717, 1.165) is 5.56 Å². The summed E-state index contributed by atoms with van der Waals surface area (Å²) >= 11 is 5.89. The van der Waals surface area contributed by atoms with E-state index in [4.69, 9.17) is 21.1 Å². The van der Waals surface area contributed by atoms with Crippen LogP contribution in [0, 0.1) is 6.92 Å². The highest BCUT2D eigenvalue weighted by Gasteiger charge is 2.09. The Kier molecular flexibility index (Phi) is 5.67. The minimum atomic E-state index is -0.249.